The quantitative estimate of drug-likeness (QED) is 0.807. The van der Waals surface area contributed by atoms with E-state index in [1.54, 1.807) is 6.07 Å². The number of hydrogen-bond acceptors (Lipinski definition) is 5. The molecular weight excluding hydrogens is 358 g/mol. The smallest absolute Gasteiger partial charge is 0.274 e. The van der Waals surface area contributed by atoms with Gasteiger partial charge in [-0.25, -0.2) is 4.68 Å². The number of ether oxygens (including phenoxy) is 2. The predicted molar refractivity (Wildman–Crippen MR) is 105 cm³/mol. The topological polar surface area (TPSA) is 73.7 Å². The minimum atomic E-state index is -0.143. The highest BCUT2D eigenvalue weighted by Crippen LogP contribution is 2.27. The summed E-state index contributed by atoms with van der Waals surface area (Å²) in [6.07, 6.45) is 1.56. The van der Waals surface area contributed by atoms with Crippen LogP contribution in [0, 0.1) is 11.8 Å². The van der Waals surface area contributed by atoms with Gasteiger partial charge in [-0.15, -0.1) is 0 Å². The van der Waals surface area contributed by atoms with Crippen LogP contribution in [0.1, 0.15) is 37.2 Å². The molecule has 0 N–H and O–H groups in total. The summed E-state index contributed by atoms with van der Waals surface area (Å²) in [4.78, 5) is 27.9. The number of nitrogens with zero attached hydrogens (tertiary/aromatic N) is 3. The van der Waals surface area contributed by atoms with Crippen LogP contribution in [0.15, 0.2) is 29.1 Å². The number of rotatable bonds is 4. The Hall–Kier alpha value is -2.25. The Kier molecular flexibility index (Phi) is 5.46. The SMILES string of the molecule is CC(C)Cn1nc(C(=O)N2CCC(C3OCCO3)CC2)c2ccccc2c1=O. The Morgan fingerprint density at radius 2 is 1.79 bits per heavy atom. The molecule has 2 saturated heterocycles. The number of piperidine rings is 1. The molecule has 2 fully saturated rings. The average Bonchev–Trinajstić information content (AvgIpc) is 3.24. The average molecular weight is 385 g/mol. The van der Waals surface area contributed by atoms with Gasteiger partial charge in [0.1, 0.15) is 0 Å². The highest BCUT2D eigenvalue weighted by molar-refractivity contribution is 6.04. The fourth-order valence-electron chi connectivity index (χ4n) is 4.04. The monoisotopic (exact) mass is 385 g/mol. The van der Waals surface area contributed by atoms with Gasteiger partial charge in [-0.1, -0.05) is 32.0 Å². The van der Waals surface area contributed by atoms with Crippen LogP contribution in [0.4, 0.5) is 0 Å². The predicted octanol–water partition coefficient (Wildman–Crippen LogP) is 2.28. The zero-order chi connectivity index (χ0) is 19.7. The summed E-state index contributed by atoms with van der Waals surface area (Å²) in [5, 5.41) is 5.65. The van der Waals surface area contributed by atoms with Gasteiger partial charge >= 0.3 is 0 Å². The van der Waals surface area contributed by atoms with Gasteiger partial charge in [-0.05, 0) is 24.8 Å². The van der Waals surface area contributed by atoms with E-state index < -0.39 is 0 Å². The van der Waals surface area contributed by atoms with Crippen LogP contribution in [-0.4, -0.2) is 53.2 Å². The number of hydrogen-bond donors (Lipinski definition) is 0. The number of carbonyl (C=O) groups is 1. The molecule has 7 nitrogen and oxygen atoms in total. The largest absolute Gasteiger partial charge is 0.350 e. The van der Waals surface area contributed by atoms with Crippen LogP contribution < -0.4 is 5.56 Å². The lowest BCUT2D eigenvalue weighted by molar-refractivity contribution is -0.0956. The lowest BCUT2D eigenvalue weighted by Crippen LogP contribution is -2.42. The van der Waals surface area contributed by atoms with E-state index >= 15 is 0 Å². The van der Waals surface area contributed by atoms with Crippen molar-refractivity contribution < 1.29 is 14.3 Å². The van der Waals surface area contributed by atoms with Gasteiger partial charge in [0.2, 0.25) is 0 Å². The van der Waals surface area contributed by atoms with Gasteiger partial charge in [0.25, 0.3) is 11.5 Å². The van der Waals surface area contributed by atoms with Gasteiger partial charge < -0.3 is 14.4 Å². The summed E-state index contributed by atoms with van der Waals surface area (Å²) < 4.78 is 12.7. The first kappa shape index (κ1) is 19.1. The zero-order valence-corrected chi connectivity index (χ0v) is 16.5. The van der Waals surface area contributed by atoms with Gasteiger partial charge in [-0.3, -0.25) is 9.59 Å². The summed E-state index contributed by atoms with van der Waals surface area (Å²) in [7, 11) is 0. The maximum atomic E-state index is 13.3. The van der Waals surface area contributed by atoms with Gasteiger partial charge in [-0.2, -0.15) is 5.10 Å². The summed E-state index contributed by atoms with van der Waals surface area (Å²) >= 11 is 0. The van der Waals surface area contributed by atoms with Crippen molar-refractivity contribution in [1.29, 1.82) is 0 Å². The summed E-state index contributed by atoms with van der Waals surface area (Å²) in [6.45, 7) is 7.14. The second kappa shape index (κ2) is 8.01. The molecule has 0 spiro atoms. The molecule has 2 aliphatic rings. The van der Waals surface area contributed by atoms with E-state index in [0.29, 0.717) is 55.2 Å². The van der Waals surface area contributed by atoms with Crippen molar-refractivity contribution in [2.75, 3.05) is 26.3 Å². The number of carbonyl (C=O) groups excluding carboxylic acids is 1. The van der Waals surface area contributed by atoms with E-state index in [0.717, 1.165) is 12.8 Å². The van der Waals surface area contributed by atoms with Crippen molar-refractivity contribution in [1.82, 2.24) is 14.7 Å². The Morgan fingerprint density at radius 1 is 1.14 bits per heavy atom. The molecule has 0 saturated carbocycles. The molecule has 0 radical (unpaired) electrons. The fourth-order valence-corrected chi connectivity index (χ4v) is 4.04. The van der Waals surface area contributed by atoms with Crippen LogP contribution >= 0.6 is 0 Å². The molecule has 1 aromatic heterocycles. The van der Waals surface area contributed by atoms with E-state index in [1.165, 1.54) is 4.68 Å². The van der Waals surface area contributed by atoms with Gasteiger partial charge in [0.05, 0.1) is 18.6 Å². The fraction of sp³-hybridized carbons (Fsp3) is 0.571. The van der Waals surface area contributed by atoms with Crippen LogP contribution in [0.25, 0.3) is 10.8 Å². The first-order chi connectivity index (χ1) is 13.5. The third-order valence-electron chi connectivity index (χ3n) is 5.47. The lowest BCUT2D eigenvalue weighted by Gasteiger charge is -2.33. The van der Waals surface area contributed by atoms with E-state index in [9.17, 15) is 9.59 Å². The molecule has 2 aromatic rings. The second-order valence-electron chi connectivity index (χ2n) is 8.01. The molecule has 2 aliphatic heterocycles. The number of fused-ring (bicyclic) bond motifs is 1. The maximum absolute atomic E-state index is 13.3. The molecule has 0 bridgehead atoms. The van der Waals surface area contributed by atoms with Crippen molar-refractivity contribution in [2.24, 2.45) is 11.8 Å². The molecule has 0 aliphatic carbocycles. The molecule has 1 amide bonds. The molecule has 3 heterocycles. The van der Waals surface area contributed by atoms with E-state index in [-0.39, 0.29) is 23.7 Å². The Balaban J connectivity index is 1.60. The molecule has 0 unspecified atom stereocenters. The third kappa shape index (κ3) is 3.69. The number of likely N-dealkylation sites (tertiary alicyclic amines) is 1. The molecule has 1 aromatic carbocycles. The third-order valence-corrected chi connectivity index (χ3v) is 5.47. The lowest BCUT2D eigenvalue weighted by atomic mass is 9.95. The molecule has 7 heteroatoms. The van der Waals surface area contributed by atoms with E-state index in [4.69, 9.17) is 9.47 Å². The minimum Gasteiger partial charge on any atom is -0.350 e. The second-order valence-corrected chi connectivity index (χ2v) is 8.01. The minimum absolute atomic E-state index is 0.111. The highest BCUT2D eigenvalue weighted by atomic mass is 16.7. The van der Waals surface area contributed by atoms with Crippen molar-refractivity contribution in [3.05, 3.63) is 40.3 Å². The molecule has 28 heavy (non-hydrogen) atoms. The zero-order valence-electron chi connectivity index (χ0n) is 16.5. The molecular formula is C21H27N3O4. The number of benzene rings is 1. The first-order valence-corrected chi connectivity index (χ1v) is 10.1. The van der Waals surface area contributed by atoms with Crippen LogP contribution in [0.5, 0.6) is 0 Å². The summed E-state index contributed by atoms with van der Waals surface area (Å²) in [5.41, 5.74) is 0.220. The van der Waals surface area contributed by atoms with Gasteiger partial charge in [0, 0.05) is 30.9 Å². The van der Waals surface area contributed by atoms with Crippen LogP contribution in [0.3, 0.4) is 0 Å². The Morgan fingerprint density at radius 3 is 2.43 bits per heavy atom. The Labute approximate surface area is 164 Å². The van der Waals surface area contributed by atoms with Crippen molar-refractivity contribution in [3.63, 3.8) is 0 Å². The van der Waals surface area contributed by atoms with Crippen LogP contribution in [-0.2, 0) is 16.0 Å². The van der Waals surface area contributed by atoms with Crippen LogP contribution in [0.2, 0.25) is 0 Å². The number of amides is 1. The van der Waals surface area contributed by atoms with Crippen molar-refractivity contribution in [2.45, 2.75) is 39.5 Å². The Bertz CT molecular complexity index is 909. The standard InChI is InChI=1S/C21H27N3O4/c1-14(2)13-24-19(25)17-6-4-3-5-16(17)18(22-24)20(26)23-9-7-15(8-10-23)21-27-11-12-28-21/h3-6,14-15,21H,7-13H2,1-2H3. The normalized spacial score (nSPS) is 19.0. The van der Waals surface area contributed by atoms with Crippen molar-refractivity contribution >= 4 is 16.7 Å². The van der Waals surface area contributed by atoms with Crippen molar-refractivity contribution in [3.8, 4) is 0 Å². The maximum Gasteiger partial charge on any atom is 0.274 e. The summed E-state index contributed by atoms with van der Waals surface area (Å²) in [5.74, 6) is 0.475. The van der Waals surface area contributed by atoms with Gasteiger partial charge in [0.15, 0.2) is 12.0 Å². The molecule has 4 rings (SSSR count). The highest BCUT2D eigenvalue weighted by Gasteiger charge is 2.33. The van der Waals surface area contributed by atoms with E-state index in [1.807, 2.05) is 36.9 Å². The first-order valence-electron chi connectivity index (χ1n) is 10.1. The molecule has 150 valence electrons. The van der Waals surface area contributed by atoms with E-state index in [2.05, 4.69) is 5.10 Å². The number of aromatic nitrogens is 2. The summed E-state index contributed by atoms with van der Waals surface area (Å²) in [6, 6.07) is 7.25. The molecule has 0 atom stereocenters.